The zero-order chi connectivity index (χ0) is 34.5. The van der Waals surface area contributed by atoms with Crippen molar-refractivity contribution in [3.05, 3.63) is 53.0 Å². The van der Waals surface area contributed by atoms with Crippen LogP contribution in [0, 0.1) is 11.7 Å². The van der Waals surface area contributed by atoms with Crippen LogP contribution in [0.4, 0.5) is 14.6 Å². The number of aromatic nitrogens is 5. The quantitative estimate of drug-likeness (QED) is 0.207. The van der Waals surface area contributed by atoms with Crippen LogP contribution in [0.25, 0.3) is 33.1 Å². The average Bonchev–Trinajstić information content (AvgIpc) is 3.85. The molecule has 5 aliphatic rings. The van der Waals surface area contributed by atoms with Gasteiger partial charge < -0.3 is 10.2 Å². The molecule has 1 aromatic carbocycles. The maximum atomic E-state index is 16.5. The van der Waals surface area contributed by atoms with Crippen molar-refractivity contribution in [3.63, 3.8) is 0 Å². The number of benzene rings is 1. The average molecular weight is 693 g/mol. The summed E-state index contributed by atoms with van der Waals surface area (Å²) in [6, 6.07) is 2.48. The molecule has 0 spiro atoms. The van der Waals surface area contributed by atoms with E-state index < -0.39 is 12.0 Å². The lowest BCUT2D eigenvalue weighted by molar-refractivity contribution is 0.292. The lowest BCUT2D eigenvalue weighted by Gasteiger charge is -2.34. The summed E-state index contributed by atoms with van der Waals surface area (Å²) in [5, 5.41) is 12.8. The number of hydrogen-bond acceptors (Lipinski definition) is 7. The fraction of sp³-hybridized carbons (Fsp3) is 0.579. The van der Waals surface area contributed by atoms with Crippen molar-refractivity contribution >= 4 is 39.2 Å². The predicted octanol–water partition coefficient (Wildman–Crippen LogP) is 8.58. The first-order chi connectivity index (χ1) is 23.9. The van der Waals surface area contributed by atoms with Gasteiger partial charge in [-0.1, -0.05) is 39.0 Å². The fourth-order valence-corrected chi connectivity index (χ4v) is 8.28. The third kappa shape index (κ3) is 7.70. The zero-order valence-corrected chi connectivity index (χ0v) is 30.1. The Hall–Kier alpha value is -3.37. The first-order valence-corrected chi connectivity index (χ1v) is 18.8. The summed E-state index contributed by atoms with van der Waals surface area (Å²) in [7, 11) is 0. The topological polar surface area (TPSA) is 85.9 Å². The van der Waals surface area contributed by atoms with Crippen LogP contribution < -0.4 is 10.2 Å². The molecule has 8 nitrogen and oxygen atoms in total. The van der Waals surface area contributed by atoms with Crippen LogP contribution in [0.5, 0.6) is 0 Å². The summed E-state index contributed by atoms with van der Waals surface area (Å²) in [5.74, 6) is 1.53. The second kappa shape index (κ2) is 16.1. The number of nitrogens with zero attached hydrogens (tertiary/aromatic N) is 6. The van der Waals surface area contributed by atoms with Crippen LogP contribution >= 0.6 is 11.6 Å². The molecular formula is C38H51ClF2N8. The molecule has 3 aromatic heterocycles. The molecule has 264 valence electrons. The number of H-pyrrole nitrogens is 1. The summed E-state index contributed by atoms with van der Waals surface area (Å²) in [6.45, 7) is 14.8. The highest BCUT2D eigenvalue weighted by Gasteiger charge is 2.34. The number of rotatable bonds is 1. The number of fused-ring (bicyclic) bond motifs is 10. The minimum Gasteiger partial charge on any atom is -0.389 e. The van der Waals surface area contributed by atoms with E-state index in [4.69, 9.17) is 21.6 Å². The molecule has 5 aliphatic heterocycles. The largest absolute Gasteiger partial charge is 0.389 e. The number of hydrogen-bond donors (Lipinski definition) is 2. The number of aryl methyl sites for hydroxylation is 1. The molecule has 3 fully saturated rings. The van der Waals surface area contributed by atoms with Gasteiger partial charge in [0.2, 0.25) is 0 Å². The van der Waals surface area contributed by atoms with Crippen LogP contribution in [0.1, 0.15) is 89.9 Å². The first kappa shape index (κ1) is 35.5. The Morgan fingerprint density at radius 2 is 1.82 bits per heavy atom. The van der Waals surface area contributed by atoms with E-state index in [1.807, 2.05) is 26.8 Å². The van der Waals surface area contributed by atoms with Gasteiger partial charge in [-0.3, -0.25) is 15.0 Å². The van der Waals surface area contributed by atoms with E-state index >= 15 is 4.39 Å². The number of pyridine rings is 1. The van der Waals surface area contributed by atoms with Gasteiger partial charge in [0, 0.05) is 66.5 Å². The molecule has 3 unspecified atom stereocenters. The molecular weight excluding hydrogens is 642 g/mol. The third-order valence-corrected chi connectivity index (χ3v) is 10.8. The van der Waals surface area contributed by atoms with E-state index in [9.17, 15) is 4.39 Å². The minimum atomic E-state index is -0.518. The van der Waals surface area contributed by atoms with Crippen molar-refractivity contribution in [1.82, 2.24) is 35.4 Å². The van der Waals surface area contributed by atoms with Gasteiger partial charge in [0.15, 0.2) is 5.82 Å². The Labute approximate surface area is 294 Å². The molecule has 0 radical (unpaired) electrons. The molecule has 0 aliphatic carbocycles. The number of halogens is 3. The van der Waals surface area contributed by atoms with E-state index in [1.165, 1.54) is 19.3 Å². The summed E-state index contributed by atoms with van der Waals surface area (Å²) in [4.78, 5) is 18.9. The summed E-state index contributed by atoms with van der Waals surface area (Å²) >= 11 is 6.80. The van der Waals surface area contributed by atoms with Gasteiger partial charge in [0.05, 0.1) is 17.1 Å². The monoisotopic (exact) mass is 692 g/mol. The summed E-state index contributed by atoms with van der Waals surface area (Å²) in [5.41, 5.74) is 3.98. The van der Waals surface area contributed by atoms with Crippen molar-refractivity contribution in [2.45, 2.75) is 104 Å². The molecule has 6 bridgehead atoms. The molecule has 11 heteroatoms. The highest BCUT2D eigenvalue weighted by Crippen LogP contribution is 2.40. The second-order valence-corrected chi connectivity index (χ2v) is 14.1. The van der Waals surface area contributed by atoms with Crippen LogP contribution in [0.2, 0.25) is 5.02 Å². The number of anilines is 1. The molecule has 3 atom stereocenters. The number of alkyl halides is 1. The molecule has 4 aromatic rings. The molecule has 0 saturated carbocycles. The summed E-state index contributed by atoms with van der Waals surface area (Å²) in [6.07, 6.45) is 13.7. The Bertz CT molecular complexity index is 1750. The molecule has 3 saturated heterocycles. The van der Waals surface area contributed by atoms with Crippen molar-refractivity contribution in [2.24, 2.45) is 5.92 Å². The molecule has 0 amide bonds. The van der Waals surface area contributed by atoms with Crippen LogP contribution in [-0.2, 0) is 12.8 Å². The molecule has 2 N–H and O–H groups in total. The highest BCUT2D eigenvalue weighted by atomic mass is 35.5. The van der Waals surface area contributed by atoms with E-state index in [-0.39, 0.29) is 5.69 Å². The van der Waals surface area contributed by atoms with Gasteiger partial charge in [0.1, 0.15) is 29.0 Å². The zero-order valence-electron chi connectivity index (χ0n) is 29.3. The number of piperidine rings is 1. The van der Waals surface area contributed by atoms with E-state index in [2.05, 4.69) is 36.9 Å². The fourth-order valence-electron chi connectivity index (χ4n) is 7.98. The second-order valence-electron chi connectivity index (χ2n) is 13.6. The van der Waals surface area contributed by atoms with E-state index in [1.54, 1.807) is 12.4 Å². The Morgan fingerprint density at radius 1 is 1.00 bits per heavy atom. The molecule has 8 heterocycles. The SMILES string of the molecule is C=C1CCCCc2c(Cl)cc3[nH]ncc3c2-c2ncc3c(nc(CC)nc3c2F)N2CCCC(CCN1)C2.CC.FC1CC2CCCN2C1. The maximum absolute atomic E-state index is 16.5. The molecule has 9 rings (SSSR count). The van der Waals surface area contributed by atoms with Gasteiger partial charge in [-0.15, -0.1) is 0 Å². The lowest BCUT2D eigenvalue weighted by Crippen LogP contribution is -2.37. The van der Waals surface area contributed by atoms with Crippen LogP contribution in [0.3, 0.4) is 0 Å². The van der Waals surface area contributed by atoms with Gasteiger partial charge in [-0.2, -0.15) is 5.10 Å². The Morgan fingerprint density at radius 3 is 2.63 bits per heavy atom. The van der Waals surface area contributed by atoms with Gasteiger partial charge >= 0.3 is 0 Å². The predicted molar refractivity (Wildman–Crippen MR) is 196 cm³/mol. The Kier molecular flexibility index (Phi) is 11.7. The minimum absolute atomic E-state index is 0.261. The van der Waals surface area contributed by atoms with Crippen molar-refractivity contribution < 1.29 is 8.78 Å². The van der Waals surface area contributed by atoms with E-state index in [0.717, 1.165) is 92.7 Å². The normalized spacial score (nSPS) is 22.9. The Balaban J connectivity index is 0.000000322. The maximum Gasteiger partial charge on any atom is 0.175 e. The highest BCUT2D eigenvalue weighted by molar-refractivity contribution is 6.33. The number of allylic oxidation sites excluding steroid dienone is 1. The summed E-state index contributed by atoms with van der Waals surface area (Å²) < 4.78 is 29.1. The van der Waals surface area contributed by atoms with Gasteiger partial charge in [-0.25, -0.2) is 18.7 Å². The van der Waals surface area contributed by atoms with Gasteiger partial charge in [-0.05, 0) is 88.3 Å². The first-order valence-electron chi connectivity index (χ1n) is 18.4. The number of nitrogens with one attached hydrogen (secondary N) is 2. The van der Waals surface area contributed by atoms with Crippen molar-refractivity contribution in [1.29, 1.82) is 0 Å². The smallest absolute Gasteiger partial charge is 0.175 e. The van der Waals surface area contributed by atoms with Gasteiger partial charge in [0.25, 0.3) is 0 Å². The third-order valence-electron chi connectivity index (χ3n) is 10.4. The lowest BCUT2D eigenvalue weighted by atomic mass is 9.93. The van der Waals surface area contributed by atoms with Crippen molar-refractivity contribution in [3.8, 4) is 11.3 Å². The molecule has 49 heavy (non-hydrogen) atoms. The van der Waals surface area contributed by atoms with Crippen LogP contribution in [-0.4, -0.2) is 75.0 Å². The van der Waals surface area contributed by atoms with Crippen molar-refractivity contribution in [2.75, 3.05) is 37.6 Å². The standard InChI is InChI=1S/C29H33ClFN7.C7H12FN.C2H6/c1-3-24-35-27-21-14-33-28(26(27)31)25-19(22(30)13-23-20(25)15-34-37-23)9-5-4-7-17(2)32-11-10-18-8-6-12-38(16-18)29(21)36-24;8-6-4-7-2-1-3-9(7)5-6;1-2/h13-15,18,32H,2-12,16H2,1H3,(H,34,37);6-7H,1-5H2;1-2H3. The van der Waals surface area contributed by atoms with Crippen LogP contribution in [0.15, 0.2) is 30.7 Å². The van der Waals surface area contributed by atoms with E-state index in [0.29, 0.717) is 58.7 Å². The number of aromatic amines is 1.